The topological polar surface area (TPSA) is 118 Å². The van der Waals surface area contributed by atoms with Crippen LogP contribution < -0.4 is 10.3 Å². The Labute approximate surface area is 175 Å². The Morgan fingerprint density at radius 3 is 2.68 bits per heavy atom. The second-order valence-electron chi connectivity index (χ2n) is 6.50. The molecule has 0 spiro atoms. The molecule has 0 saturated carbocycles. The first-order chi connectivity index (χ1) is 15.1. The minimum atomic E-state index is -0.538. The van der Waals surface area contributed by atoms with Crippen LogP contribution in [0.1, 0.15) is 11.7 Å². The van der Waals surface area contributed by atoms with Gasteiger partial charge in [-0.05, 0) is 24.3 Å². The summed E-state index contributed by atoms with van der Waals surface area (Å²) in [4.78, 5) is 20.8. The van der Waals surface area contributed by atoms with E-state index >= 15 is 0 Å². The Bertz CT molecular complexity index is 1250. The highest BCUT2D eigenvalue weighted by Gasteiger charge is 2.15. The van der Waals surface area contributed by atoms with Crippen molar-refractivity contribution in [3.63, 3.8) is 0 Å². The first kappa shape index (κ1) is 20.4. The van der Waals surface area contributed by atoms with Gasteiger partial charge in [0.2, 0.25) is 11.7 Å². The van der Waals surface area contributed by atoms with Crippen LogP contribution >= 0.6 is 0 Å². The molecule has 10 nitrogen and oxygen atoms in total. The number of nitrogens with zero attached hydrogens (tertiary/aromatic N) is 5. The summed E-state index contributed by atoms with van der Waals surface area (Å²) < 4.78 is 35.7. The van der Waals surface area contributed by atoms with Crippen LogP contribution in [0.15, 0.2) is 50.4 Å². The van der Waals surface area contributed by atoms with E-state index in [9.17, 15) is 9.18 Å². The Kier molecular flexibility index (Phi) is 5.85. The highest BCUT2D eigenvalue weighted by molar-refractivity contribution is 5.60. The molecule has 4 aromatic rings. The van der Waals surface area contributed by atoms with Crippen LogP contribution in [0.3, 0.4) is 0 Å². The zero-order valence-electron chi connectivity index (χ0n) is 16.7. The van der Waals surface area contributed by atoms with Crippen molar-refractivity contribution >= 4 is 0 Å². The molecule has 3 heterocycles. The van der Waals surface area contributed by atoms with Crippen molar-refractivity contribution in [1.29, 1.82) is 0 Å². The molecule has 11 heteroatoms. The van der Waals surface area contributed by atoms with Gasteiger partial charge in [0.15, 0.2) is 17.4 Å². The minimum absolute atomic E-state index is 0.0807. The summed E-state index contributed by atoms with van der Waals surface area (Å²) in [5.74, 6) is 0.732. The van der Waals surface area contributed by atoms with Gasteiger partial charge >= 0.3 is 0 Å². The Hall–Kier alpha value is -3.86. The van der Waals surface area contributed by atoms with Crippen molar-refractivity contribution in [3.8, 4) is 28.6 Å². The number of methoxy groups -OCH3 is 2. The molecule has 3 aromatic heterocycles. The lowest BCUT2D eigenvalue weighted by Crippen LogP contribution is -2.19. The lowest BCUT2D eigenvalue weighted by Gasteiger charge is -2.03. The number of hydrogen-bond donors (Lipinski definition) is 0. The lowest BCUT2D eigenvalue weighted by atomic mass is 10.2. The van der Waals surface area contributed by atoms with E-state index in [1.165, 1.54) is 29.9 Å². The summed E-state index contributed by atoms with van der Waals surface area (Å²) in [6, 6.07) is 7.28. The number of benzene rings is 1. The summed E-state index contributed by atoms with van der Waals surface area (Å²) >= 11 is 0. The third kappa shape index (κ3) is 4.51. The third-order valence-electron chi connectivity index (χ3n) is 4.41. The standard InChI is InChI=1S/C20H18FN5O5/c1-28-8-7-16-22-17(30-24-16)11-26-10-13(4-6-18(26)27)20-23-19(25-31-20)12-3-5-15(29-2)14(21)9-12/h3-6,9-10H,7-8,11H2,1-2H3. The second kappa shape index (κ2) is 8.88. The van der Waals surface area contributed by atoms with Crippen molar-refractivity contribution in [2.45, 2.75) is 13.0 Å². The van der Waals surface area contributed by atoms with Gasteiger partial charge in [-0.1, -0.05) is 10.3 Å². The van der Waals surface area contributed by atoms with E-state index in [2.05, 4.69) is 20.3 Å². The number of ether oxygens (including phenoxy) is 2. The molecule has 0 aliphatic heterocycles. The van der Waals surface area contributed by atoms with E-state index in [-0.39, 0.29) is 35.5 Å². The zero-order valence-corrected chi connectivity index (χ0v) is 16.7. The molecule has 0 saturated heterocycles. The number of hydrogen-bond acceptors (Lipinski definition) is 9. The van der Waals surface area contributed by atoms with Crippen LogP contribution in [0.2, 0.25) is 0 Å². The monoisotopic (exact) mass is 427 g/mol. The molecular formula is C20H18FN5O5. The Morgan fingerprint density at radius 2 is 1.90 bits per heavy atom. The molecule has 0 aliphatic carbocycles. The molecule has 0 fully saturated rings. The molecule has 160 valence electrons. The van der Waals surface area contributed by atoms with E-state index in [0.717, 1.165) is 0 Å². The SMILES string of the molecule is COCCc1noc(Cn2cc(-c3nc(-c4ccc(OC)c(F)c4)no3)ccc2=O)n1. The quantitative estimate of drug-likeness (QED) is 0.417. The third-order valence-corrected chi connectivity index (χ3v) is 4.41. The van der Waals surface area contributed by atoms with E-state index < -0.39 is 5.82 Å². The minimum Gasteiger partial charge on any atom is -0.494 e. The summed E-state index contributed by atoms with van der Waals surface area (Å²) in [5, 5.41) is 7.75. The fraction of sp³-hybridized carbons (Fsp3) is 0.250. The van der Waals surface area contributed by atoms with E-state index in [0.29, 0.717) is 30.0 Å². The van der Waals surface area contributed by atoms with Gasteiger partial charge in [-0.25, -0.2) is 4.39 Å². The van der Waals surface area contributed by atoms with Crippen LogP contribution in [0.5, 0.6) is 5.75 Å². The smallest absolute Gasteiger partial charge is 0.259 e. The predicted molar refractivity (Wildman–Crippen MR) is 105 cm³/mol. The molecule has 0 radical (unpaired) electrons. The molecular weight excluding hydrogens is 409 g/mol. The number of halogens is 1. The summed E-state index contributed by atoms with van der Waals surface area (Å²) in [7, 11) is 2.97. The molecule has 4 rings (SSSR count). The lowest BCUT2D eigenvalue weighted by molar-refractivity contribution is 0.199. The Morgan fingerprint density at radius 1 is 1.06 bits per heavy atom. The average molecular weight is 427 g/mol. The van der Waals surface area contributed by atoms with Crippen molar-refractivity contribution in [1.82, 2.24) is 24.8 Å². The maximum Gasteiger partial charge on any atom is 0.259 e. The van der Waals surface area contributed by atoms with Crippen molar-refractivity contribution in [2.75, 3.05) is 20.8 Å². The van der Waals surface area contributed by atoms with Crippen LogP contribution in [0, 0.1) is 5.82 Å². The molecule has 1 aromatic carbocycles. The molecule has 0 amide bonds. The zero-order chi connectivity index (χ0) is 21.8. The molecule has 31 heavy (non-hydrogen) atoms. The maximum atomic E-state index is 14.0. The van der Waals surface area contributed by atoms with Crippen molar-refractivity contribution in [2.24, 2.45) is 0 Å². The summed E-state index contributed by atoms with van der Waals surface area (Å²) in [5.41, 5.74) is 0.667. The van der Waals surface area contributed by atoms with Crippen LogP contribution in [-0.2, 0) is 17.7 Å². The summed E-state index contributed by atoms with van der Waals surface area (Å²) in [6.07, 6.45) is 2.05. The first-order valence-electron chi connectivity index (χ1n) is 9.26. The van der Waals surface area contributed by atoms with Gasteiger partial charge < -0.3 is 23.1 Å². The number of pyridine rings is 1. The van der Waals surface area contributed by atoms with Gasteiger partial charge in [0.25, 0.3) is 11.4 Å². The maximum absolute atomic E-state index is 14.0. The van der Waals surface area contributed by atoms with Crippen molar-refractivity contribution < 1.29 is 22.9 Å². The fourth-order valence-electron chi connectivity index (χ4n) is 2.84. The largest absolute Gasteiger partial charge is 0.494 e. The van der Waals surface area contributed by atoms with Gasteiger partial charge in [-0.15, -0.1) is 0 Å². The molecule has 0 aliphatic rings. The normalized spacial score (nSPS) is 11.1. The highest BCUT2D eigenvalue weighted by atomic mass is 19.1. The molecule has 0 bridgehead atoms. The van der Waals surface area contributed by atoms with Gasteiger partial charge in [-0.3, -0.25) is 4.79 Å². The van der Waals surface area contributed by atoms with Crippen LogP contribution in [-0.4, -0.2) is 45.7 Å². The highest BCUT2D eigenvalue weighted by Crippen LogP contribution is 2.25. The van der Waals surface area contributed by atoms with Crippen molar-refractivity contribution in [3.05, 3.63) is 64.4 Å². The van der Waals surface area contributed by atoms with Gasteiger partial charge in [-0.2, -0.15) is 9.97 Å². The molecule has 0 unspecified atom stereocenters. The van der Waals surface area contributed by atoms with E-state index in [4.69, 9.17) is 18.5 Å². The van der Waals surface area contributed by atoms with Gasteiger partial charge in [0.1, 0.15) is 6.54 Å². The summed E-state index contributed by atoms with van der Waals surface area (Å²) in [6.45, 7) is 0.545. The Balaban J connectivity index is 1.56. The van der Waals surface area contributed by atoms with Crippen LogP contribution in [0.4, 0.5) is 4.39 Å². The predicted octanol–water partition coefficient (Wildman–Crippen LogP) is 2.33. The number of rotatable bonds is 8. The molecule has 0 N–H and O–H groups in total. The average Bonchev–Trinajstić information content (AvgIpc) is 3.44. The van der Waals surface area contributed by atoms with Gasteiger partial charge in [0.05, 0.1) is 19.3 Å². The van der Waals surface area contributed by atoms with Gasteiger partial charge in [0, 0.05) is 31.4 Å². The first-order valence-corrected chi connectivity index (χ1v) is 9.26. The number of aromatic nitrogens is 5. The van der Waals surface area contributed by atoms with E-state index in [1.807, 2.05) is 0 Å². The second-order valence-corrected chi connectivity index (χ2v) is 6.50. The molecule has 0 atom stereocenters. The van der Waals surface area contributed by atoms with Crippen LogP contribution in [0.25, 0.3) is 22.8 Å². The van der Waals surface area contributed by atoms with E-state index in [1.54, 1.807) is 25.4 Å². The fourth-order valence-corrected chi connectivity index (χ4v) is 2.84.